The number of carbonyl (C=O) groups is 1. The summed E-state index contributed by atoms with van der Waals surface area (Å²) in [7, 11) is 1.27. The Hall–Kier alpha value is -0.870. The van der Waals surface area contributed by atoms with Crippen molar-refractivity contribution in [1.29, 1.82) is 0 Å². The Morgan fingerprint density at radius 1 is 1.47 bits per heavy atom. The largest absolute Gasteiger partial charge is 0.467 e. The smallest absolute Gasteiger partial charge is 0.340 e. The number of thiophene rings is 1. The van der Waals surface area contributed by atoms with E-state index in [9.17, 15) is 9.90 Å². The quantitative estimate of drug-likeness (QED) is 0.790. The lowest BCUT2D eigenvalue weighted by molar-refractivity contribution is -0.150. The van der Waals surface area contributed by atoms with Gasteiger partial charge in [0.05, 0.1) is 7.11 Å². The maximum Gasteiger partial charge on any atom is 0.340 e. The molecule has 4 heteroatoms. The Labute approximate surface area is 93.7 Å². The minimum Gasteiger partial charge on any atom is -0.467 e. The zero-order chi connectivity index (χ0) is 11.6. The van der Waals surface area contributed by atoms with Crippen LogP contribution in [0.2, 0.25) is 0 Å². The lowest BCUT2D eigenvalue weighted by atomic mass is 9.95. The number of methoxy groups -OCH3 is 1. The lowest BCUT2D eigenvalue weighted by Crippen LogP contribution is -2.12. The van der Waals surface area contributed by atoms with Crippen molar-refractivity contribution < 1.29 is 14.6 Å². The first-order valence-corrected chi connectivity index (χ1v) is 5.54. The zero-order valence-electron chi connectivity index (χ0n) is 9.40. The predicted molar refractivity (Wildman–Crippen MR) is 60.0 cm³/mol. The van der Waals surface area contributed by atoms with Gasteiger partial charge in [-0.3, -0.25) is 0 Å². The van der Waals surface area contributed by atoms with Gasteiger partial charge < -0.3 is 9.84 Å². The van der Waals surface area contributed by atoms with Gasteiger partial charge in [0, 0.05) is 9.75 Å². The molecule has 0 saturated heterocycles. The fraction of sp³-hybridized carbons (Fsp3) is 0.545. The molecule has 0 fully saturated rings. The summed E-state index contributed by atoms with van der Waals surface area (Å²) < 4.78 is 4.48. The van der Waals surface area contributed by atoms with E-state index in [4.69, 9.17) is 0 Å². The molecule has 1 rings (SSSR count). The van der Waals surface area contributed by atoms with Crippen LogP contribution in [0, 0.1) is 0 Å². The average Bonchev–Trinajstić information content (AvgIpc) is 2.63. The van der Waals surface area contributed by atoms with Crippen molar-refractivity contribution >= 4 is 17.3 Å². The number of hydrogen-bond acceptors (Lipinski definition) is 4. The minimum absolute atomic E-state index is 0.0404. The number of aliphatic hydroxyl groups excluding tert-OH is 1. The molecule has 0 aliphatic carbocycles. The highest BCUT2D eigenvalue weighted by Crippen LogP contribution is 2.32. The van der Waals surface area contributed by atoms with E-state index >= 15 is 0 Å². The van der Waals surface area contributed by atoms with Gasteiger partial charge in [-0.15, -0.1) is 11.3 Å². The molecule has 0 spiro atoms. The first kappa shape index (κ1) is 12.2. The third-order valence-electron chi connectivity index (χ3n) is 2.06. The fourth-order valence-electron chi connectivity index (χ4n) is 1.13. The van der Waals surface area contributed by atoms with Crippen LogP contribution in [0.1, 0.15) is 36.6 Å². The van der Waals surface area contributed by atoms with Gasteiger partial charge in [0.15, 0.2) is 6.10 Å². The van der Waals surface area contributed by atoms with E-state index < -0.39 is 12.1 Å². The monoisotopic (exact) mass is 228 g/mol. The summed E-state index contributed by atoms with van der Waals surface area (Å²) >= 11 is 1.44. The van der Waals surface area contributed by atoms with Crippen molar-refractivity contribution in [3.63, 3.8) is 0 Å². The molecule has 0 radical (unpaired) electrons. The highest BCUT2D eigenvalue weighted by molar-refractivity contribution is 7.12. The van der Waals surface area contributed by atoms with E-state index in [0.717, 1.165) is 4.88 Å². The number of hydrogen-bond donors (Lipinski definition) is 1. The Morgan fingerprint density at radius 2 is 2.07 bits per heavy atom. The van der Waals surface area contributed by atoms with Crippen molar-refractivity contribution in [2.45, 2.75) is 32.3 Å². The van der Waals surface area contributed by atoms with Crippen LogP contribution >= 0.6 is 11.3 Å². The standard InChI is InChI=1S/C11H16O3S/c1-11(2,3)8-6-5-7(15-8)9(12)10(13)14-4/h5-6,9,12H,1-4H3. The molecular weight excluding hydrogens is 212 g/mol. The zero-order valence-corrected chi connectivity index (χ0v) is 10.2. The number of esters is 1. The molecule has 1 unspecified atom stereocenters. The average molecular weight is 228 g/mol. The second-order valence-electron chi connectivity index (χ2n) is 4.38. The second kappa shape index (κ2) is 4.33. The Kier molecular flexibility index (Phi) is 3.52. The Bertz CT molecular complexity index is 349. The fourth-order valence-corrected chi connectivity index (χ4v) is 2.17. The van der Waals surface area contributed by atoms with E-state index in [1.807, 2.05) is 6.07 Å². The summed E-state index contributed by atoms with van der Waals surface area (Å²) in [5, 5.41) is 9.60. The second-order valence-corrected chi connectivity index (χ2v) is 5.49. The van der Waals surface area contributed by atoms with Gasteiger partial charge in [-0.05, 0) is 17.5 Å². The van der Waals surface area contributed by atoms with E-state index in [1.54, 1.807) is 6.07 Å². The maximum atomic E-state index is 11.1. The van der Waals surface area contributed by atoms with Crippen LogP contribution < -0.4 is 0 Å². The maximum absolute atomic E-state index is 11.1. The van der Waals surface area contributed by atoms with Crippen molar-refractivity contribution in [3.05, 3.63) is 21.9 Å². The molecule has 0 amide bonds. The topological polar surface area (TPSA) is 46.5 Å². The SMILES string of the molecule is COC(=O)C(O)c1ccc(C(C)(C)C)s1. The van der Waals surface area contributed by atoms with Crippen LogP contribution in [0.3, 0.4) is 0 Å². The molecule has 1 heterocycles. The summed E-state index contributed by atoms with van der Waals surface area (Å²) in [6.07, 6.45) is -1.16. The molecule has 15 heavy (non-hydrogen) atoms. The third kappa shape index (κ3) is 2.79. The number of aliphatic hydroxyl groups is 1. The molecule has 1 atom stereocenters. The highest BCUT2D eigenvalue weighted by atomic mass is 32.1. The Morgan fingerprint density at radius 3 is 2.47 bits per heavy atom. The van der Waals surface area contributed by atoms with E-state index in [1.165, 1.54) is 18.4 Å². The van der Waals surface area contributed by atoms with Crippen LogP contribution in [-0.4, -0.2) is 18.2 Å². The highest BCUT2D eigenvalue weighted by Gasteiger charge is 2.23. The Balaban J connectivity index is 2.89. The normalized spacial score (nSPS) is 13.7. The third-order valence-corrected chi connectivity index (χ3v) is 3.62. The van der Waals surface area contributed by atoms with Crippen LogP contribution in [0.4, 0.5) is 0 Å². The van der Waals surface area contributed by atoms with Crippen molar-refractivity contribution in [2.24, 2.45) is 0 Å². The lowest BCUT2D eigenvalue weighted by Gasteiger charge is -2.15. The minimum atomic E-state index is -1.16. The molecule has 1 N–H and O–H groups in total. The van der Waals surface area contributed by atoms with Gasteiger partial charge in [-0.2, -0.15) is 0 Å². The molecular formula is C11H16O3S. The van der Waals surface area contributed by atoms with Gasteiger partial charge >= 0.3 is 5.97 Å². The summed E-state index contributed by atoms with van der Waals surface area (Å²) in [5.41, 5.74) is 0.0404. The van der Waals surface area contributed by atoms with Crippen molar-refractivity contribution in [1.82, 2.24) is 0 Å². The molecule has 1 aromatic rings. The molecule has 0 saturated carbocycles. The van der Waals surface area contributed by atoms with Crippen molar-refractivity contribution in [3.8, 4) is 0 Å². The first-order valence-electron chi connectivity index (χ1n) is 4.72. The van der Waals surface area contributed by atoms with Gasteiger partial charge in [-0.1, -0.05) is 20.8 Å². The van der Waals surface area contributed by atoms with Gasteiger partial charge in [0.25, 0.3) is 0 Å². The van der Waals surface area contributed by atoms with Crippen LogP contribution in [-0.2, 0) is 14.9 Å². The number of carbonyl (C=O) groups excluding carboxylic acids is 1. The van der Waals surface area contributed by atoms with E-state index in [0.29, 0.717) is 4.88 Å². The summed E-state index contributed by atoms with van der Waals surface area (Å²) in [6, 6.07) is 3.71. The molecule has 0 aromatic carbocycles. The van der Waals surface area contributed by atoms with Crippen LogP contribution in [0.25, 0.3) is 0 Å². The van der Waals surface area contributed by atoms with Gasteiger partial charge in [0.1, 0.15) is 0 Å². The first-order chi connectivity index (χ1) is 6.86. The molecule has 0 bridgehead atoms. The summed E-state index contributed by atoms with van der Waals surface area (Å²) in [5.74, 6) is -0.614. The van der Waals surface area contributed by atoms with Crippen LogP contribution in [0.15, 0.2) is 12.1 Å². The van der Waals surface area contributed by atoms with E-state index in [2.05, 4.69) is 25.5 Å². The molecule has 0 aliphatic rings. The summed E-state index contributed by atoms with van der Waals surface area (Å²) in [4.78, 5) is 12.9. The van der Waals surface area contributed by atoms with Crippen LogP contribution in [0.5, 0.6) is 0 Å². The molecule has 3 nitrogen and oxygen atoms in total. The molecule has 1 aromatic heterocycles. The van der Waals surface area contributed by atoms with Gasteiger partial charge in [-0.25, -0.2) is 4.79 Å². The molecule has 0 aliphatic heterocycles. The summed E-state index contributed by atoms with van der Waals surface area (Å²) in [6.45, 7) is 6.27. The number of ether oxygens (including phenoxy) is 1. The number of rotatable bonds is 2. The predicted octanol–water partition coefficient (Wildman–Crippen LogP) is 2.25. The van der Waals surface area contributed by atoms with Gasteiger partial charge in [0.2, 0.25) is 0 Å². The van der Waals surface area contributed by atoms with Crippen molar-refractivity contribution in [2.75, 3.05) is 7.11 Å². The molecule has 84 valence electrons. The van der Waals surface area contributed by atoms with E-state index in [-0.39, 0.29) is 5.41 Å².